The molecule has 1 nitrogen and oxygen atoms in total. The Kier molecular flexibility index (Phi) is 3.47. The van der Waals surface area contributed by atoms with Gasteiger partial charge in [0.2, 0.25) is 5.78 Å². The summed E-state index contributed by atoms with van der Waals surface area (Å²) in [7, 11) is 0. The van der Waals surface area contributed by atoms with Crippen LogP contribution in [0.5, 0.6) is 0 Å². The zero-order valence-corrected chi connectivity index (χ0v) is 11.6. The molecule has 0 unspecified atom stereocenters. The van der Waals surface area contributed by atoms with Crippen LogP contribution in [0, 0.1) is 6.92 Å². The van der Waals surface area contributed by atoms with E-state index in [9.17, 15) is 4.79 Å². The van der Waals surface area contributed by atoms with Gasteiger partial charge in [-0.3, -0.25) is 4.79 Å². The van der Waals surface area contributed by atoms with E-state index in [1.807, 2.05) is 25.1 Å². The highest BCUT2D eigenvalue weighted by molar-refractivity contribution is 9.11. The average Bonchev–Trinajstić information content (AvgIpc) is 2.68. The summed E-state index contributed by atoms with van der Waals surface area (Å²) in [6, 6.07) is 9.03. The van der Waals surface area contributed by atoms with E-state index in [-0.39, 0.29) is 5.78 Å². The molecule has 0 radical (unpaired) electrons. The molecule has 1 heterocycles. The zero-order chi connectivity index (χ0) is 11.7. The van der Waals surface area contributed by atoms with Gasteiger partial charge in [0.05, 0.1) is 8.66 Å². The Morgan fingerprint density at radius 3 is 2.62 bits per heavy atom. The number of halogens is 2. The fourth-order valence-corrected chi connectivity index (χ4v) is 2.83. The highest BCUT2D eigenvalue weighted by Crippen LogP contribution is 2.25. The van der Waals surface area contributed by atoms with Crippen molar-refractivity contribution in [3.63, 3.8) is 0 Å². The van der Waals surface area contributed by atoms with Gasteiger partial charge in [0.15, 0.2) is 0 Å². The maximum absolute atomic E-state index is 12.1. The zero-order valence-electron chi connectivity index (χ0n) is 8.46. The van der Waals surface area contributed by atoms with E-state index in [4.69, 9.17) is 11.6 Å². The summed E-state index contributed by atoms with van der Waals surface area (Å²) < 4.78 is 0.960. The molecular weight excluding hydrogens is 308 g/mol. The summed E-state index contributed by atoms with van der Waals surface area (Å²) in [6.45, 7) is 1.89. The minimum Gasteiger partial charge on any atom is -0.288 e. The van der Waals surface area contributed by atoms with E-state index >= 15 is 0 Å². The fraction of sp³-hybridized carbons (Fsp3) is 0.0833. The van der Waals surface area contributed by atoms with Crippen molar-refractivity contribution in [2.75, 3.05) is 0 Å². The van der Waals surface area contributed by atoms with Gasteiger partial charge in [-0.2, -0.15) is 0 Å². The van der Waals surface area contributed by atoms with Crippen LogP contribution in [-0.2, 0) is 0 Å². The van der Waals surface area contributed by atoms with Gasteiger partial charge in [-0.05, 0) is 58.7 Å². The smallest absolute Gasteiger partial charge is 0.202 e. The summed E-state index contributed by atoms with van der Waals surface area (Å²) >= 11 is 10.7. The average molecular weight is 316 g/mol. The van der Waals surface area contributed by atoms with E-state index in [1.165, 1.54) is 11.3 Å². The third-order valence-corrected chi connectivity index (χ3v) is 4.26. The molecule has 0 aliphatic rings. The quantitative estimate of drug-likeness (QED) is 0.734. The molecule has 0 aliphatic carbocycles. The minimum atomic E-state index is 0.0375. The number of carbonyl (C=O) groups excluding carboxylic acids is 1. The van der Waals surface area contributed by atoms with Crippen molar-refractivity contribution in [3.8, 4) is 0 Å². The predicted molar refractivity (Wildman–Crippen MR) is 71.6 cm³/mol. The van der Waals surface area contributed by atoms with Gasteiger partial charge in [0, 0.05) is 10.6 Å². The molecule has 0 fully saturated rings. The van der Waals surface area contributed by atoms with Crippen LogP contribution in [0.2, 0.25) is 5.02 Å². The standard InChI is InChI=1S/C12H8BrClOS/c1-7-6-8(2-3-9(7)14)12(15)10-4-5-11(13)16-10/h2-6H,1H3. The van der Waals surface area contributed by atoms with Gasteiger partial charge in [-0.1, -0.05) is 11.6 Å². The predicted octanol–water partition coefficient (Wildman–Crippen LogP) is 4.70. The summed E-state index contributed by atoms with van der Waals surface area (Å²) in [4.78, 5) is 12.8. The Morgan fingerprint density at radius 2 is 2.06 bits per heavy atom. The largest absolute Gasteiger partial charge is 0.288 e. The van der Waals surface area contributed by atoms with E-state index in [1.54, 1.807) is 12.1 Å². The molecule has 0 N–H and O–H groups in total. The highest BCUT2D eigenvalue weighted by Gasteiger charge is 2.12. The molecule has 16 heavy (non-hydrogen) atoms. The Morgan fingerprint density at radius 1 is 1.31 bits per heavy atom. The van der Waals surface area contributed by atoms with E-state index in [2.05, 4.69) is 15.9 Å². The number of aryl methyl sites for hydroxylation is 1. The number of carbonyl (C=O) groups is 1. The second-order valence-electron chi connectivity index (χ2n) is 3.40. The molecule has 0 atom stereocenters. The van der Waals surface area contributed by atoms with Crippen molar-refractivity contribution in [1.29, 1.82) is 0 Å². The Labute approximate surface area is 111 Å². The molecule has 1 aromatic heterocycles. The lowest BCUT2D eigenvalue weighted by Gasteiger charge is -2.01. The van der Waals surface area contributed by atoms with Crippen molar-refractivity contribution in [2.24, 2.45) is 0 Å². The summed E-state index contributed by atoms with van der Waals surface area (Å²) in [6.07, 6.45) is 0. The van der Waals surface area contributed by atoms with Crippen molar-refractivity contribution in [1.82, 2.24) is 0 Å². The van der Waals surface area contributed by atoms with Crippen molar-refractivity contribution < 1.29 is 4.79 Å². The summed E-state index contributed by atoms with van der Waals surface area (Å²) in [5, 5.41) is 0.684. The van der Waals surface area contributed by atoms with E-state index < -0.39 is 0 Å². The lowest BCUT2D eigenvalue weighted by atomic mass is 10.1. The Balaban J connectivity index is 2.38. The lowest BCUT2D eigenvalue weighted by Crippen LogP contribution is -1.98. The van der Waals surface area contributed by atoms with Crippen LogP contribution in [0.1, 0.15) is 20.8 Å². The number of rotatable bonds is 2. The number of hydrogen-bond donors (Lipinski definition) is 0. The molecule has 0 saturated carbocycles. The minimum absolute atomic E-state index is 0.0375. The van der Waals surface area contributed by atoms with Crippen LogP contribution >= 0.6 is 38.9 Å². The first kappa shape index (κ1) is 11.8. The molecule has 0 saturated heterocycles. The van der Waals surface area contributed by atoms with E-state index in [0.29, 0.717) is 10.6 Å². The van der Waals surface area contributed by atoms with Gasteiger partial charge in [0.1, 0.15) is 0 Å². The normalized spacial score (nSPS) is 10.4. The Bertz CT molecular complexity index is 548. The maximum Gasteiger partial charge on any atom is 0.202 e. The molecule has 0 spiro atoms. The van der Waals surface area contributed by atoms with Crippen molar-refractivity contribution in [3.05, 3.63) is 55.1 Å². The van der Waals surface area contributed by atoms with E-state index in [0.717, 1.165) is 14.2 Å². The van der Waals surface area contributed by atoms with Crippen LogP contribution < -0.4 is 0 Å². The van der Waals surface area contributed by atoms with Crippen molar-refractivity contribution in [2.45, 2.75) is 6.92 Å². The topological polar surface area (TPSA) is 17.1 Å². The molecule has 2 aromatic rings. The molecule has 1 aromatic carbocycles. The molecule has 0 aliphatic heterocycles. The van der Waals surface area contributed by atoms with Crippen LogP contribution in [0.15, 0.2) is 34.1 Å². The third-order valence-electron chi connectivity index (χ3n) is 2.22. The monoisotopic (exact) mass is 314 g/mol. The van der Waals surface area contributed by atoms with Crippen LogP contribution in [-0.4, -0.2) is 5.78 Å². The molecule has 4 heteroatoms. The van der Waals surface area contributed by atoms with Crippen LogP contribution in [0.4, 0.5) is 0 Å². The second kappa shape index (κ2) is 4.70. The van der Waals surface area contributed by atoms with Crippen LogP contribution in [0.3, 0.4) is 0 Å². The van der Waals surface area contributed by atoms with Gasteiger partial charge in [0.25, 0.3) is 0 Å². The Hall–Kier alpha value is -0.640. The second-order valence-corrected chi connectivity index (χ2v) is 6.27. The first-order valence-electron chi connectivity index (χ1n) is 4.64. The summed E-state index contributed by atoms with van der Waals surface area (Å²) in [5.74, 6) is 0.0375. The number of hydrogen-bond acceptors (Lipinski definition) is 2. The van der Waals surface area contributed by atoms with Crippen molar-refractivity contribution >= 4 is 44.7 Å². The van der Waals surface area contributed by atoms with Gasteiger partial charge in [-0.25, -0.2) is 0 Å². The fourth-order valence-electron chi connectivity index (χ4n) is 1.36. The van der Waals surface area contributed by atoms with Gasteiger partial charge < -0.3 is 0 Å². The molecule has 0 amide bonds. The van der Waals surface area contributed by atoms with Crippen LogP contribution in [0.25, 0.3) is 0 Å². The van der Waals surface area contributed by atoms with Gasteiger partial charge >= 0.3 is 0 Å². The highest BCUT2D eigenvalue weighted by atomic mass is 79.9. The molecule has 0 bridgehead atoms. The third kappa shape index (κ3) is 2.37. The maximum atomic E-state index is 12.1. The molecule has 82 valence electrons. The SMILES string of the molecule is Cc1cc(C(=O)c2ccc(Br)s2)ccc1Cl. The first-order chi connectivity index (χ1) is 7.58. The molecule has 2 rings (SSSR count). The molecular formula is C12H8BrClOS. The number of ketones is 1. The summed E-state index contributed by atoms with van der Waals surface area (Å²) in [5.41, 5.74) is 1.60. The lowest BCUT2D eigenvalue weighted by molar-refractivity contribution is 0.104. The first-order valence-corrected chi connectivity index (χ1v) is 6.63. The number of thiophene rings is 1. The number of benzene rings is 1. The van der Waals surface area contributed by atoms with Gasteiger partial charge in [-0.15, -0.1) is 11.3 Å².